The standard InChI is InChI=1S/C23H34N4O4/c1-6-30-20-13-17(7-8-19(20)31-16(2)3)15-27-11-9-18(10-12-27)24-23-25-21(28-4)14-22(26-23)29-5/h7-8,13-14,16,18H,6,9-12,15H2,1-5H3,(H,24,25,26). The van der Waals surface area contributed by atoms with Gasteiger partial charge in [0.15, 0.2) is 11.5 Å². The topological polar surface area (TPSA) is 78.0 Å². The highest BCUT2D eigenvalue weighted by molar-refractivity contribution is 5.43. The van der Waals surface area contributed by atoms with E-state index in [1.54, 1.807) is 20.3 Å². The third-order valence-electron chi connectivity index (χ3n) is 5.10. The molecule has 0 spiro atoms. The van der Waals surface area contributed by atoms with Crippen LogP contribution in [0.3, 0.4) is 0 Å². The van der Waals surface area contributed by atoms with Crippen LogP contribution in [0.2, 0.25) is 0 Å². The van der Waals surface area contributed by atoms with Gasteiger partial charge < -0.3 is 24.3 Å². The Balaban J connectivity index is 1.56. The summed E-state index contributed by atoms with van der Waals surface area (Å²) in [6.45, 7) is 9.53. The van der Waals surface area contributed by atoms with Crippen molar-refractivity contribution in [2.75, 3.05) is 39.2 Å². The number of methoxy groups -OCH3 is 2. The molecule has 2 aromatic rings. The first-order valence-corrected chi connectivity index (χ1v) is 10.9. The number of hydrogen-bond donors (Lipinski definition) is 1. The molecule has 1 aromatic heterocycles. The Morgan fingerprint density at radius 2 is 1.71 bits per heavy atom. The maximum Gasteiger partial charge on any atom is 0.229 e. The normalized spacial score (nSPS) is 15.0. The molecular formula is C23H34N4O4. The Bertz CT molecular complexity index is 816. The fraction of sp³-hybridized carbons (Fsp3) is 0.565. The van der Waals surface area contributed by atoms with Gasteiger partial charge in [0, 0.05) is 25.7 Å². The predicted octanol–water partition coefficient (Wildman–Crippen LogP) is 3.76. The molecule has 1 fully saturated rings. The molecule has 8 heteroatoms. The summed E-state index contributed by atoms with van der Waals surface area (Å²) in [6, 6.07) is 8.22. The molecule has 1 saturated heterocycles. The molecule has 0 aliphatic carbocycles. The first-order chi connectivity index (χ1) is 15.0. The lowest BCUT2D eigenvalue weighted by molar-refractivity contribution is 0.209. The Hall–Kier alpha value is -2.74. The number of likely N-dealkylation sites (tertiary alicyclic amines) is 1. The van der Waals surface area contributed by atoms with Crippen LogP contribution in [0, 0.1) is 0 Å². The van der Waals surface area contributed by atoms with E-state index >= 15 is 0 Å². The van der Waals surface area contributed by atoms with Crippen LogP contribution in [-0.4, -0.2) is 60.9 Å². The molecule has 1 N–H and O–H groups in total. The number of piperidine rings is 1. The number of nitrogens with one attached hydrogen (secondary N) is 1. The number of ether oxygens (including phenoxy) is 4. The molecule has 1 aliphatic rings. The van der Waals surface area contributed by atoms with Crippen LogP contribution in [0.5, 0.6) is 23.3 Å². The number of aromatic nitrogens is 2. The van der Waals surface area contributed by atoms with E-state index < -0.39 is 0 Å². The first kappa shape index (κ1) is 22.9. The monoisotopic (exact) mass is 430 g/mol. The molecule has 0 unspecified atom stereocenters. The van der Waals surface area contributed by atoms with Gasteiger partial charge in [-0.25, -0.2) is 0 Å². The molecule has 2 heterocycles. The Kier molecular flexibility index (Phi) is 8.17. The minimum Gasteiger partial charge on any atom is -0.490 e. The van der Waals surface area contributed by atoms with Gasteiger partial charge in [-0.05, 0) is 51.3 Å². The van der Waals surface area contributed by atoms with Crippen molar-refractivity contribution in [3.05, 3.63) is 29.8 Å². The van der Waals surface area contributed by atoms with E-state index in [0.29, 0.717) is 30.4 Å². The highest BCUT2D eigenvalue weighted by Crippen LogP contribution is 2.30. The molecule has 3 rings (SSSR count). The van der Waals surface area contributed by atoms with Gasteiger partial charge >= 0.3 is 0 Å². The van der Waals surface area contributed by atoms with E-state index in [-0.39, 0.29) is 6.10 Å². The zero-order valence-corrected chi connectivity index (χ0v) is 19.2. The molecule has 8 nitrogen and oxygen atoms in total. The average molecular weight is 431 g/mol. The van der Waals surface area contributed by atoms with Crippen LogP contribution in [0.25, 0.3) is 0 Å². The van der Waals surface area contributed by atoms with E-state index in [4.69, 9.17) is 18.9 Å². The summed E-state index contributed by atoms with van der Waals surface area (Å²) in [5, 5.41) is 3.42. The quantitative estimate of drug-likeness (QED) is 0.611. The molecular weight excluding hydrogens is 396 g/mol. The fourth-order valence-corrected chi connectivity index (χ4v) is 3.62. The van der Waals surface area contributed by atoms with E-state index in [9.17, 15) is 0 Å². The number of hydrogen-bond acceptors (Lipinski definition) is 8. The number of rotatable bonds is 10. The lowest BCUT2D eigenvalue weighted by Crippen LogP contribution is -2.39. The molecule has 0 radical (unpaired) electrons. The highest BCUT2D eigenvalue weighted by atomic mass is 16.5. The highest BCUT2D eigenvalue weighted by Gasteiger charge is 2.21. The van der Waals surface area contributed by atoms with E-state index in [2.05, 4.69) is 32.3 Å². The molecule has 0 atom stereocenters. The maximum absolute atomic E-state index is 5.87. The number of benzene rings is 1. The van der Waals surface area contributed by atoms with Crippen LogP contribution < -0.4 is 24.3 Å². The van der Waals surface area contributed by atoms with Crippen LogP contribution >= 0.6 is 0 Å². The molecule has 0 bridgehead atoms. The zero-order chi connectivity index (χ0) is 22.2. The lowest BCUT2D eigenvalue weighted by Gasteiger charge is -2.32. The second-order valence-electron chi connectivity index (χ2n) is 7.85. The summed E-state index contributed by atoms with van der Waals surface area (Å²) in [5.74, 6) is 3.13. The summed E-state index contributed by atoms with van der Waals surface area (Å²) >= 11 is 0. The van der Waals surface area contributed by atoms with Crippen LogP contribution in [0.15, 0.2) is 24.3 Å². The summed E-state index contributed by atoms with van der Waals surface area (Å²) in [5.41, 5.74) is 1.23. The number of nitrogens with zero attached hydrogens (tertiary/aromatic N) is 3. The van der Waals surface area contributed by atoms with E-state index in [1.165, 1.54) is 5.56 Å². The van der Waals surface area contributed by atoms with Crippen molar-refractivity contribution in [3.63, 3.8) is 0 Å². The van der Waals surface area contributed by atoms with Gasteiger partial charge in [-0.15, -0.1) is 0 Å². The van der Waals surface area contributed by atoms with Crippen molar-refractivity contribution in [1.29, 1.82) is 0 Å². The van der Waals surface area contributed by atoms with Gasteiger partial charge in [-0.3, -0.25) is 4.90 Å². The molecule has 1 aromatic carbocycles. The Morgan fingerprint density at radius 1 is 1.03 bits per heavy atom. The SMILES string of the molecule is CCOc1cc(CN2CCC(Nc3nc(OC)cc(OC)n3)CC2)ccc1OC(C)C. The second-order valence-corrected chi connectivity index (χ2v) is 7.85. The minimum atomic E-state index is 0.116. The third kappa shape index (κ3) is 6.62. The third-order valence-corrected chi connectivity index (χ3v) is 5.10. The van der Waals surface area contributed by atoms with Crippen molar-refractivity contribution in [1.82, 2.24) is 14.9 Å². The van der Waals surface area contributed by atoms with Gasteiger partial charge in [0.25, 0.3) is 0 Å². The average Bonchev–Trinajstić information content (AvgIpc) is 2.76. The Morgan fingerprint density at radius 3 is 2.29 bits per heavy atom. The molecule has 1 aliphatic heterocycles. The zero-order valence-electron chi connectivity index (χ0n) is 19.2. The summed E-state index contributed by atoms with van der Waals surface area (Å²) in [7, 11) is 3.17. The summed E-state index contributed by atoms with van der Waals surface area (Å²) in [4.78, 5) is 11.2. The predicted molar refractivity (Wildman–Crippen MR) is 120 cm³/mol. The second kappa shape index (κ2) is 11.0. The van der Waals surface area contributed by atoms with E-state index in [0.717, 1.165) is 44.0 Å². The van der Waals surface area contributed by atoms with E-state index in [1.807, 2.05) is 26.8 Å². The maximum atomic E-state index is 5.87. The summed E-state index contributed by atoms with van der Waals surface area (Å²) in [6.07, 6.45) is 2.14. The van der Waals surface area contributed by atoms with Crippen molar-refractivity contribution in [3.8, 4) is 23.3 Å². The molecule has 170 valence electrons. The Labute approximate surface area is 184 Å². The minimum absolute atomic E-state index is 0.116. The smallest absolute Gasteiger partial charge is 0.229 e. The van der Waals surface area contributed by atoms with Gasteiger partial charge in [-0.1, -0.05) is 6.07 Å². The van der Waals surface area contributed by atoms with Crippen molar-refractivity contribution >= 4 is 5.95 Å². The molecule has 31 heavy (non-hydrogen) atoms. The van der Waals surface area contributed by atoms with Gasteiger partial charge in [0.05, 0.1) is 33.0 Å². The largest absolute Gasteiger partial charge is 0.490 e. The van der Waals surface area contributed by atoms with Crippen LogP contribution in [0.1, 0.15) is 39.2 Å². The van der Waals surface area contributed by atoms with Gasteiger partial charge in [-0.2, -0.15) is 9.97 Å². The van der Waals surface area contributed by atoms with Crippen molar-refractivity contribution < 1.29 is 18.9 Å². The van der Waals surface area contributed by atoms with Gasteiger partial charge in [0.1, 0.15) is 0 Å². The van der Waals surface area contributed by atoms with Crippen LogP contribution in [-0.2, 0) is 6.54 Å². The first-order valence-electron chi connectivity index (χ1n) is 10.9. The fourth-order valence-electron chi connectivity index (χ4n) is 3.62. The lowest BCUT2D eigenvalue weighted by atomic mass is 10.0. The van der Waals surface area contributed by atoms with Gasteiger partial charge in [0.2, 0.25) is 17.7 Å². The van der Waals surface area contributed by atoms with Crippen molar-refractivity contribution in [2.45, 2.75) is 52.3 Å². The van der Waals surface area contributed by atoms with Crippen molar-refractivity contribution in [2.24, 2.45) is 0 Å². The van der Waals surface area contributed by atoms with Crippen LogP contribution in [0.4, 0.5) is 5.95 Å². The molecule has 0 amide bonds. The summed E-state index contributed by atoms with van der Waals surface area (Å²) < 4.78 is 22.1. The number of anilines is 1. The molecule has 0 saturated carbocycles.